The average molecular weight is 409 g/mol. The second kappa shape index (κ2) is 5.76. The van der Waals surface area contributed by atoms with Gasteiger partial charge in [0, 0.05) is 11.8 Å². The van der Waals surface area contributed by atoms with E-state index in [-0.39, 0.29) is 21.9 Å². The fourth-order valence-corrected chi connectivity index (χ4v) is 7.61. The van der Waals surface area contributed by atoms with Gasteiger partial charge >= 0.3 is 0 Å². The molecule has 4 rings (SSSR count). The molecule has 4 aliphatic carbocycles. The minimum absolute atomic E-state index is 0.0400. The maximum atomic E-state index is 12.5. The van der Waals surface area contributed by atoms with E-state index in [1.165, 1.54) is 5.57 Å². The van der Waals surface area contributed by atoms with Gasteiger partial charge in [-0.3, -0.25) is 9.59 Å². The molecule has 0 aliphatic heterocycles. The van der Waals surface area contributed by atoms with Crippen molar-refractivity contribution < 1.29 is 14.7 Å². The van der Waals surface area contributed by atoms with Crippen LogP contribution in [0.3, 0.4) is 0 Å². The zero-order valence-electron chi connectivity index (χ0n) is 15.3. The third kappa shape index (κ3) is 2.25. The van der Waals surface area contributed by atoms with Gasteiger partial charge in [-0.15, -0.1) is 0 Å². The second-order valence-electron chi connectivity index (χ2n) is 9.38. The van der Waals surface area contributed by atoms with Crippen LogP contribution in [-0.2, 0) is 9.59 Å². The number of carbonyl (C=O) groups excluding carboxylic acids is 2. The van der Waals surface area contributed by atoms with Crippen LogP contribution < -0.4 is 0 Å². The summed E-state index contributed by atoms with van der Waals surface area (Å²) in [5.41, 5.74) is 0.0730. The zero-order valence-corrected chi connectivity index (χ0v) is 16.9. The van der Waals surface area contributed by atoms with Gasteiger partial charge in [0.15, 0.2) is 11.6 Å². The van der Waals surface area contributed by atoms with Crippen molar-refractivity contribution in [3.05, 3.63) is 11.6 Å². The highest BCUT2D eigenvalue weighted by Gasteiger charge is 2.65. The van der Waals surface area contributed by atoms with Gasteiger partial charge in [0.2, 0.25) is 0 Å². The Balaban J connectivity index is 1.68. The van der Waals surface area contributed by atoms with Crippen molar-refractivity contribution >= 4 is 27.5 Å². The summed E-state index contributed by atoms with van der Waals surface area (Å²) in [7, 11) is 0. The van der Waals surface area contributed by atoms with Crippen molar-refractivity contribution in [2.45, 2.75) is 70.8 Å². The number of hydrogen-bond donors (Lipinski definition) is 1. The summed E-state index contributed by atoms with van der Waals surface area (Å²) in [6.07, 6.45) is 9.28. The summed E-state index contributed by atoms with van der Waals surface area (Å²) in [6, 6.07) is 0. The predicted molar refractivity (Wildman–Crippen MR) is 100 cm³/mol. The molecule has 138 valence electrons. The van der Waals surface area contributed by atoms with Gasteiger partial charge in [0.05, 0.1) is 5.33 Å². The Labute approximate surface area is 158 Å². The van der Waals surface area contributed by atoms with E-state index >= 15 is 0 Å². The van der Waals surface area contributed by atoms with Crippen molar-refractivity contribution in [2.75, 3.05) is 5.33 Å². The molecule has 0 aromatic rings. The largest absolute Gasteiger partial charge is 0.381 e. The van der Waals surface area contributed by atoms with E-state index in [0.717, 1.165) is 38.5 Å². The Hall–Kier alpha value is -0.480. The lowest BCUT2D eigenvalue weighted by molar-refractivity contribution is -0.159. The molecule has 4 heteroatoms. The molecule has 0 bridgehead atoms. The van der Waals surface area contributed by atoms with Crippen LogP contribution in [0.5, 0.6) is 0 Å². The third-order valence-electron chi connectivity index (χ3n) is 8.70. The summed E-state index contributed by atoms with van der Waals surface area (Å²) < 4.78 is 0. The number of alkyl halides is 1. The maximum absolute atomic E-state index is 12.5. The molecule has 0 aromatic carbocycles. The molecule has 1 N–H and O–H groups in total. The van der Waals surface area contributed by atoms with Gasteiger partial charge in [-0.05, 0) is 74.2 Å². The molecular weight excluding hydrogens is 380 g/mol. The lowest BCUT2D eigenvalue weighted by Crippen LogP contribution is -2.57. The smallest absolute Gasteiger partial charge is 0.175 e. The molecule has 4 aliphatic rings. The first-order chi connectivity index (χ1) is 11.8. The number of aliphatic hydroxyl groups is 1. The lowest BCUT2D eigenvalue weighted by atomic mass is 9.46. The van der Waals surface area contributed by atoms with Crippen molar-refractivity contribution in [1.29, 1.82) is 0 Å². The molecular formula is C21H29BrO3. The first-order valence-electron chi connectivity index (χ1n) is 9.82. The van der Waals surface area contributed by atoms with Crippen molar-refractivity contribution in [3.8, 4) is 0 Å². The molecule has 0 spiro atoms. The Morgan fingerprint density at radius 1 is 1.16 bits per heavy atom. The van der Waals surface area contributed by atoms with Gasteiger partial charge in [-0.25, -0.2) is 0 Å². The van der Waals surface area contributed by atoms with Crippen molar-refractivity contribution in [3.63, 3.8) is 0 Å². The van der Waals surface area contributed by atoms with Crippen LogP contribution in [0.15, 0.2) is 11.6 Å². The molecule has 25 heavy (non-hydrogen) atoms. The number of allylic oxidation sites excluding steroid dienone is 1. The summed E-state index contributed by atoms with van der Waals surface area (Å²) in [5.74, 6) is 1.85. The predicted octanol–water partition coefficient (Wildman–Crippen LogP) is 4.21. The molecule has 3 nitrogen and oxygen atoms in total. The molecule has 3 saturated carbocycles. The normalized spacial score (nSPS) is 49.0. The number of rotatable bonds is 2. The third-order valence-corrected chi connectivity index (χ3v) is 9.21. The molecule has 0 radical (unpaired) electrons. The average Bonchev–Trinajstić information content (AvgIpc) is 2.87. The van der Waals surface area contributed by atoms with Crippen LogP contribution in [0.4, 0.5) is 0 Å². The van der Waals surface area contributed by atoms with Crippen LogP contribution in [0.25, 0.3) is 0 Å². The number of fused-ring (bicyclic) bond motifs is 5. The van der Waals surface area contributed by atoms with E-state index in [9.17, 15) is 14.7 Å². The van der Waals surface area contributed by atoms with E-state index in [1.807, 2.05) is 6.08 Å². The molecule has 6 atom stereocenters. The number of carbonyl (C=O) groups is 2. The number of halogens is 1. The van der Waals surface area contributed by atoms with E-state index in [2.05, 4.69) is 29.8 Å². The minimum Gasteiger partial charge on any atom is -0.381 e. The topological polar surface area (TPSA) is 54.4 Å². The van der Waals surface area contributed by atoms with Gasteiger partial charge in [-0.2, -0.15) is 0 Å². The molecule has 3 fully saturated rings. The standard InChI is InChI=1S/C21H29BrO3/c1-19-8-5-14(23)11-13(19)3-4-15-16(19)6-9-20(2)17(15)7-10-21(20,25)18(24)12-22/h11,15-17,25H,3-10,12H2,1-2H3/t15-,16-,17+,19+,20+,21+/m1/s1. The summed E-state index contributed by atoms with van der Waals surface area (Å²) in [4.78, 5) is 24.4. The van der Waals surface area contributed by atoms with E-state index in [1.54, 1.807) is 0 Å². The Morgan fingerprint density at radius 3 is 2.60 bits per heavy atom. The Morgan fingerprint density at radius 2 is 1.88 bits per heavy atom. The Bertz CT molecular complexity index is 656. The quantitative estimate of drug-likeness (QED) is 0.695. The van der Waals surface area contributed by atoms with E-state index in [0.29, 0.717) is 36.4 Å². The molecule has 0 amide bonds. The lowest BCUT2D eigenvalue weighted by Gasteiger charge is -2.58. The zero-order chi connectivity index (χ0) is 18.0. The van der Waals surface area contributed by atoms with Gasteiger partial charge in [0.1, 0.15) is 5.60 Å². The van der Waals surface area contributed by atoms with E-state index in [4.69, 9.17) is 0 Å². The van der Waals surface area contributed by atoms with E-state index < -0.39 is 5.60 Å². The van der Waals surface area contributed by atoms with Gasteiger partial charge in [-0.1, -0.05) is 35.4 Å². The monoisotopic (exact) mass is 408 g/mol. The van der Waals surface area contributed by atoms with Crippen LogP contribution in [0.2, 0.25) is 0 Å². The maximum Gasteiger partial charge on any atom is 0.175 e. The molecule has 0 aromatic heterocycles. The molecule has 0 saturated heterocycles. The second-order valence-corrected chi connectivity index (χ2v) is 9.94. The fourth-order valence-electron chi connectivity index (χ4n) is 7.14. The summed E-state index contributed by atoms with van der Waals surface area (Å²) >= 11 is 3.28. The highest BCUT2D eigenvalue weighted by molar-refractivity contribution is 9.09. The first-order valence-corrected chi connectivity index (χ1v) is 10.9. The molecule has 0 heterocycles. The Kier molecular flexibility index (Phi) is 4.12. The van der Waals surface area contributed by atoms with Crippen LogP contribution in [0.1, 0.15) is 65.2 Å². The number of hydrogen-bond acceptors (Lipinski definition) is 3. The van der Waals surface area contributed by atoms with Crippen molar-refractivity contribution in [2.24, 2.45) is 28.6 Å². The minimum atomic E-state index is -1.16. The van der Waals surface area contributed by atoms with Gasteiger partial charge in [0.25, 0.3) is 0 Å². The number of Topliss-reactive ketones (excluding diaryl/α,β-unsaturated/α-hetero) is 1. The van der Waals surface area contributed by atoms with Crippen LogP contribution >= 0.6 is 15.9 Å². The van der Waals surface area contributed by atoms with Crippen molar-refractivity contribution in [1.82, 2.24) is 0 Å². The van der Waals surface area contributed by atoms with Crippen LogP contribution in [0, 0.1) is 28.6 Å². The SMILES string of the molecule is C[C@]12CCC(=O)C=C1CC[C@@H]1[C@H]2CC[C@@]2(C)[C@H]1CC[C@]2(O)C(=O)CBr. The molecule has 0 unspecified atom stereocenters. The van der Waals surface area contributed by atoms with Crippen LogP contribution in [-0.4, -0.2) is 27.6 Å². The highest BCUT2D eigenvalue weighted by atomic mass is 79.9. The highest BCUT2D eigenvalue weighted by Crippen LogP contribution is 2.67. The number of ketones is 2. The first kappa shape index (κ1) is 17.9. The summed E-state index contributed by atoms with van der Waals surface area (Å²) in [6.45, 7) is 4.54. The summed E-state index contributed by atoms with van der Waals surface area (Å²) in [5, 5.41) is 11.5. The fraction of sp³-hybridized carbons (Fsp3) is 0.810. The van der Waals surface area contributed by atoms with Gasteiger partial charge < -0.3 is 5.11 Å².